The van der Waals surface area contributed by atoms with Crippen LogP contribution in [0.1, 0.15) is 11.3 Å². The van der Waals surface area contributed by atoms with Gasteiger partial charge >= 0.3 is 0 Å². The third-order valence-electron chi connectivity index (χ3n) is 3.14. The molecule has 0 saturated carbocycles. The van der Waals surface area contributed by atoms with E-state index < -0.39 is 0 Å². The lowest BCUT2D eigenvalue weighted by Gasteiger charge is -2.14. The molecule has 3 nitrogen and oxygen atoms in total. The summed E-state index contributed by atoms with van der Waals surface area (Å²) < 4.78 is 5.75. The van der Waals surface area contributed by atoms with E-state index in [2.05, 4.69) is 0 Å². The summed E-state index contributed by atoms with van der Waals surface area (Å²) >= 11 is 6.63. The van der Waals surface area contributed by atoms with Gasteiger partial charge in [-0.3, -0.25) is 9.69 Å². The molecule has 1 aromatic carbocycles. The van der Waals surface area contributed by atoms with Crippen molar-refractivity contribution in [3.05, 3.63) is 71.0 Å². The van der Waals surface area contributed by atoms with Gasteiger partial charge in [-0.05, 0) is 43.3 Å². The molecule has 22 heavy (non-hydrogen) atoms. The third kappa shape index (κ3) is 3.05. The van der Waals surface area contributed by atoms with Crippen molar-refractivity contribution in [3.8, 4) is 0 Å². The Labute approximate surface area is 138 Å². The van der Waals surface area contributed by atoms with Crippen LogP contribution in [0, 0.1) is 6.92 Å². The van der Waals surface area contributed by atoms with E-state index in [0.717, 1.165) is 17.0 Å². The van der Waals surface area contributed by atoms with E-state index in [9.17, 15) is 4.79 Å². The standard InChI is InChI=1S/C17H13NO2S2/c1-12-7-9-13(10-8-12)18-16(19)15(22-17(18)21)6-2-4-14-5-3-11-20-14/h2-11H,1H3/b4-2+,15-6+. The van der Waals surface area contributed by atoms with Crippen LogP contribution in [0.25, 0.3) is 6.08 Å². The van der Waals surface area contributed by atoms with Crippen molar-refractivity contribution in [2.24, 2.45) is 0 Å². The van der Waals surface area contributed by atoms with Crippen LogP contribution in [0.5, 0.6) is 0 Å². The average molecular weight is 327 g/mol. The molecule has 1 fully saturated rings. The molecular formula is C17H13NO2S2. The van der Waals surface area contributed by atoms with Crippen molar-refractivity contribution < 1.29 is 9.21 Å². The molecule has 2 aromatic rings. The minimum absolute atomic E-state index is 0.0945. The summed E-state index contributed by atoms with van der Waals surface area (Å²) in [7, 11) is 0. The largest absolute Gasteiger partial charge is 0.465 e. The fraction of sp³-hybridized carbons (Fsp3) is 0.0588. The van der Waals surface area contributed by atoms with Crippen molar-refractivity contribution in [3.63, 3.8) is 0 Å². The van der Waals surface area contributed by atoms with Gasteiger partial charge in [0.15, 0.2) is 4.32 Å². The molecule has 1 aliphatic rings. The van der Waals surface area contributed by atoms with E-state index in [1.165, 1.54) is 11.8 Å². The number of anilines is 1. The average Bonchev–Trinajstić information content (AvgIpc) is 3.10. The molecule has 1 aliphatic heterocycles. The first-order valence-electron chi connectivity index (χ1n) is 6.70. The molecule has 0 spiro atoms. The molecular weight excluding hydrogens is 314 g/mol. The Morgan fingerprint density at radius 2 is 2.00 bits per heavy atom. The smallest absolute Gasteiger partial charge is 0.270 e. The summed E-state index contributed by atoms with van der Waals surface area (Å²) in [6.45, 7) is 2.01. The second kappa shape index (κ2) is 6.34. The van der Waals surface area contributed by atoms with Gasteiger partial charge in [0.25, 0.3) is 5.91 Å². The van der Waals surface area contributed by atoms with E-state index in [4.69, 9.17) is 16.6 Å². The van der Waals surface area contributed by atoms with Crippen molar-refractivity contribution in [2.45, 2.75) is 6.92 Å². The lowest BCUT2D eigenvalue weighted by molar-refractivity contribution is -0.113. The zero-order valence-corrected chi connectivity index (χ0v) is 13.5. The molecule has 5 heteroatoms. The number of amides is 1. The SMILES string of the molecule is Cc1ccc(N2C(=O)/C(=C\C=C\c3ccco3)SC2=S)cc1. The summed E-state index contributed by atoms with van der Waals surface area (Å²) in [5.74, 6) is 0.646. The number of hydrogen-bond acceptors (Lipinski definition) is 4. The third-order valence-corrected chi connectivity index (χ3v) is 4.46. The van der Waals surface area contributed by atoms with Crippen LogP contribution in [0.2, 0.25) is 0 Å². The van der Waals surface area contributed by atoms with Gasteiger partial charge in [0.05, 0.1) is 16.9 Å². The van der Waals surface area contributed by atoms with Crippen LogP contribution in [0.3, 0.4) is 0 Å². The number of benzene rings is 1. The molecule has 0 aliphatic carbocycles. The maximum absolute atomic E-state index is 12.5. The number of allylic oxidation sites excluding steroid dienone is 2. The number of thioether (sulfide) groups is 1. The number of nitrogens with zero attached hydrogens (tertiary/aromatic N) is 1. The summed E-state index contributed by atoms with van der Waals surface area (Å²) in [6.07, 6.45) is 6.96. The van der Waals surface area contributed by atoms with Crippen LogP contribution in [0.15, 0.2) is 64.1 Å². The normalized spacial score (nSPS) is 17.1. The molecule has 1 amide bonds. The second-order valence-electron chi connectivity index (χ2n) is 4.75. The van der Waals surface area contributed by atoms with Gasteiger partial charge in [-0.25, -0.2) is 0 Å². The zero-order chi connectivity index (χ0) is 15.5. The van der Waals surface area contributed by atoms with Gasteiger partial charge in [0.2, 0.25) is 0 Å². The number of rotatable bonds is 3. The first-order chi connectivity index (χ1) is 10.6. The highest BCUT2D eigenvalue weighted by Gasteiger charge is 2.32. The fourth-order valence-corrected chi connectivity index (χ4v) is 3.27. The van der Waals surface area contributed by atoms with Crippen molar-refractivity contribution >= 4 is 46.0 Å². The molecule has 0 bridgehead atoms. The van der Waals surface area contributed by atoms with Crippen LogP contribution >= 0.6 is 24.0 Å². The summed E-state index contributed by atoms with van der Waals surface area (Å²) in [6, 6.07) is 11.4. The summed E-state index contributed by atoms with van der Waals surface area (Å²) in [5.41, 5.74) is 1.94. The lowest BCUT2D eigenvalue weighted by Crippen LogP contribution is -2.27. The van der Waals surface area contributed by atoms with Gasteiger partial charge in [-0.1, -0.05) is 47.8 Å². The number of carbonyl (C=O) groups excluding carboxylic acids is 1. The Bertz CT molecular complexity index is 758. The van der Waals surface area contributed by atoms with Crippen molar-refractivity contribution in [2.75, 3.05) is 4.90 Å². The minimum atomic E-state index is -0.0945. The van der Waals surface area contributed by atoms with Gasteiger partial charge in [0.1, 0.15) is 5.76 Å². The van der Waals surface area contributed by atoms with E-state index in [1.807, 2.05) is 43.3 Å². The van der Waals surface area contributed by atoms with Crippen molar-refractivity contribution in [1.82, 2.24) is 0 Å². The first-order valence-corrected chi connectivity index (χ1v) is 7.92. The van der Waals surface area contributed by atoms with Crippen molar-refractivity contribution in [1.29, 1.82) is 0 Å². The quantitative estimate of drug-likeness (QED) is 0.612. The van der Waals surface area contributed by atoms with Gasteiger partial charge in [-0.15, -0.1) is 0 Å². The second-order valence-corrected chi connectivity index (χ2v) is 6.43. The topological polar surface area (TPSA) is 33.5 Å². The number of thiocarbonyl (C=S) groups is 1. The fourth-order valence-electron chi connectivity index (χ4n) is 2.01. The molecule has 3 rings (SSSR count). The Hall–Kier alpha value is -2.11. The van der Waals surface area contributed by atoms with Gasteiger partial charge in [-0.2, -0.15) is 0 Å². The maximum atomic E-state index is 12.5. The summed E-state index contributed by atoms with van der Waals surface area (Å²) in [5, 5.41) is 0. The number of hydrogen-bond donors (Lipinski definition) is 0. The molecule has 1 saturated heterocycles. The Balaban J connectivity index is 1.80. The molecule has 2 heterocycles. The molecule has 1 aromatic heterocycles. The number of furan rings is 1. The highest BCUT2D eigenvalue weighted by Crippen LogP contribution is 2.34. The maximum Gasteiger partial charge on any atom is 0.270 e. The molecule has 0 atom stereocenters. The Kier molecular flexibility index (Phi) is 4.27. The van der Waals surface area contributed by atoms with E-state index in [1.54, 1.807) is 29.4 Å². The number of carbonyl (C=O) groups is 1. The van der Waals surface area contributed by atoms with Crippen LogP contribution in [0.4, 0.5) is 5.69 Å². The molecule has 0 radical (unpaired) electrons. The highest BCUT2D eigenvalue weighted by atomic mass is 32.2. The molecule has 0 N–H and O–H groups in total. The van der Waals surface area contributed by atoms with E-state index in [0.29, 0.717) is 9.23 Å². The minimum Gasteiger partial charge on any atom is -0.465 e. The number of aryl methyl sites for hydroxylation is 1. The summed E-state index contributed by atoms with van der Waals surface area (Å²) in [4.78, 5) is 14.7. The van der Waals surface area contributed by atoms with Crippen LogP contribution in [-0.2, 0) is 4.79 Å². The van der Waals surface area contributed by atoms with Crippen LogP contribution in [-0.4, -0.2) is 10.2 Å². The monoisotopic (exact) mass is 327 g/mol. The van der Waals surface area contributed by atoms with E-state index >= 15 is 0 Å². The van der Waals surface area contributed by atoms with E-state index in [-0.39, 0.29) is 5.91 Å². The van der Waals surface area contributed by atoms with Gasteiger partial charge < -0.3 is 4.42 Å². The first kappa shape index (κ1) is 14.8. The predicted molar refractivity (Wildman–Crippen MR) is 94.7 cm³/mol. The van der Waals surface area contributed by atoms with Crippen LogP contribution < -0.4 is 4.90 Å². The predicted octanol–water partition coefficient (Wildman–Crippen LogP) is 4.55. The highest BCUT2D eigenvalue weighted by molar-refractivity contribution is 8.27. The van der Waals surface area contributed by atoms with Gasteiger partial charge in [0, 0.05) is 0 Å². The lowest BCUT2D eigenvalue weighted by atomic mass is 10.2. The zero-order valence-electron chi connectivity index (χ0n) is 11.9. The Morgan fingerprint density at radius 3 is 2.68 bits per heavy atom. The Morgan fingerprint density at radius 1 is 1.23 bits per heavy atom. The molecule has 0 unspecified atom stereocenters. The molecule has 110 valence electrons.